The average Bonchev–Trinajstić information content (AvgIpc) is 2.73. The van der Waals surface area contributed by atoms with E-state index in [-0.39, 0.29) is 17.1 Å². The molecule has 1 aliphatic heterocycles. The zero-order chi connectivity index (χ0) is 21.8. The molecule has 1 aliphatic rings. The van der Waals surface area contributed by atoms with Crippen molar-refractivity contribution in [1.29, 1.82) is 0 Å². The smallest absolute Gasteiger partial charge is 0.306 e. The first-order valence-electron chi connectivity index (χ1n) is 9.59. The molecule has 3 rings (SSSR count). The highest BCUT2D eigenvalue weighted by Gasteiger charge is 2.29. The van der Waals surface area contributed by atoms with Gasteiger partial charge in [-0.05, 0) is 43.6 Å². The van der Waals surface area contributed by atoms with Crippen LogP contribution in [0.3, 0.4) is 0 Å². The largest absolute Gasteiger partial charge is 0.502 e. The number of carbonyl (C=O) groups is 1. The molecule has 0 amide bonds. The Morgan fingerprint density at radius 1 is 1.17 bits per heavy atom. The SMILES string of the molecule is COC(=O)C[C@@H](c1cc(F)c(F)c(F)c1)c1oc(CN2CCCCC2)cc(=O)c1O. The molecule has 2 aromatic rings. The summed E-state index contributed by atoms with van der Waals surface area (Å²) in [4.78, 5) is 26.3. The predicted octanol–water partition coefficient (Wildman–Crippen LogP) is 3.44. The van der Waals surface area contributed by atoms with E-state index < -0.39 is 46.9 Å². The van der Waals surface area contributed by atoms with E-state index in [4.69, 9.17) is 4.42 Å². The number of nitrogens with zero attached hydrogens (tertiary/aromatic N) is 1. The molecule has 0 unspecified atom stereocenters. The third kappa shape index (κ3) is 4.84. The summed E-state index contributed by atoms with van der Waals surface area (Å²) in [5.74, 6) is -7.49. The van der Waals surface area contributed by atoms with Crippen molar-refractivity contribution in [1.82, 2.24) is 4.90 Å². The van der Waals surface area contributed by atoms with Crippen LogP contribution in [0.1, 0.15) is 48.7 Å². The molecule has 2 heterocycles. The van der Waals surface area contributed by atoms with Gasteiger partial charge in [0.05, 0.1) is 26.0 Å². The van der Waals surface area contributed by atoms with Crippen LogP contribution in [0.15, 0.2) is 27.4 Å². The van der Waals surface area contributed by atoms with Crippen LogP contribution in [0, 0.1) is 17.5 Å². The second-order valence-electron chi connectivity index (χ2n) is 7.26. The van der Waals surface area contributed by atoms with E-state index in [9.17, 15) is 27.9 Å². The third-order valence-electron chi connectivity index (χ3n) is 5.15. The third-order valence-corrected chi connectivity index (χ3v) is 5.15. The Labute approximate surface area is 170 Å². The molecule has 1 fully saturated rings. The highest BCUT2D eigenvalue weighted by molar-refractivity contribution is 5.71. The monoisotopic (exact) mass is 425 g/mol. The number of carbonyl (C=O) groups excluding carboxylic acids is 1. The average molecular weight is 425 g/mol. The van der Waals surface area contributed by atoms with Gasteiger partial charge in [0, 0.05) is 6.07 Å². The molecule has 1 atom stereocenters. The number of halogens is 3. The van der Waals surface area contributed by atoms with Gasteiger partial charge < -0.3 is 14.3 Å². The lowest BCUT2D eigenvalue weighted by Gasteiger charge is -2.26. The lowest BCUT2D eigenvalue weighted by molar-refractivity contribution is -0.140. The summed E-state index contributed by atoms with van der Waals surface area (Å²) in [7, 11) is 1.12. The Balaban J connectivity index is 2.05. The number of benzene rings is 1. The Bertz CT molecular complexity index is 962. The number of hydrogen-bond acceptors (Lipinski definition) is 6. The molecule has 0 bridgehead atoms. The molecule has 0 radical (unpaired) electrons. The summed E-state index contributed by atoms with van der Waals surface area (Å²) in [5, 5.41) is 10.3. The van der Waals surface area contributed by atoms with Crippen molar-refractivity contribution in [2.24, 2.45) is 0 Å². The highest BCUT2D eigenvalue weighted by Crippen LogP contribution is 2.35. The van der Waals surface area contributed by atoms with Gasteiger partial charge in [0.1, 0.15) is 5.76 Å². The summed E-state index contributed by atoms with van der Waals surface area (Å²) < 4.78 is 51.4. The summed E-state index contributed by atoms with van der Waals surface area (Å²) in [5.41, 5.74) is -0.924. The number of esters is 1. The van der Waals surface area contributed by atoms with Crippen LogP contribution in [0.2, 0.25) is 0 Å². The summed E-state index contributed by atoms with van der Waals surface area (Å²) in [6.45, 7) is 1.94. The molecule has 0 spiro atoms. The van der Waals surface area contributed by atoms with Gasteiger partial charge >= 0.3 is 5.97 Å². The van der Waals surface area contributed by atoms with E-state index >= 15 is 0 Å². The minimum atomic E-state index is -1.67. The fourth-order valence-corrected chi connectivity index (χ4v) is 3.60. The Hall–Kier alpha value is -2.81. The summed E-state index contributed by atoms with van der Waals surface area (Å²) in [6, 6.07) is 2.54. The van der Waals surface area contributed by atoms with Crippen LogP contribution in [0.25, 0.3) is 0 Å². The molecular weight excluding hydrogens is 403 g/mol. The number of rotatable bonds is 6. The minimum Gasteiger partial charge on any atom is -0.502 e. The van der Waals surface area contributed by atoms with Crippen LogP contribution in [0.4, 0.5) is 13.2 Å². The molecule has 6 nitrogen and oxygen atoms in total. The van der Waals surface area contributed by atoms with Crippen LogP contribution >= 0.6 is 0 Å². The maximum Gasteiger partial charge on any atom is 0.306 e. The molecular formula is C21H22F3NO5. The quantitative estimate of drug-likeness (QED) is 0.564. The van der Waals surface area contributed by atoms with Crippen molar-refractivity contribution in [3.8, 4) is 5.75 Å². The Morgan fingerprint density at radius 2 is 1.80 bits per heavy atom. The first-order chi connectivity index (χ1) is 14.3. The molecule has 1 saturated heterocycles. The van der Waals surface area contributed by atoms with Crippen LogP contribution in [-0.4, -0.2) is 36.2 Å². The first kappa shape index (κ1) is 21.9. The number of ether oxygens (including phenoxy) is 1. The van der Waals surface area contributed by atoms with E-state index in [1.165, 1.54) is 0 Å². The van der Waals surface area contributed by atoms with Crippen molar-refractivity contribution in [3.63, 3.8) is 0 Å². The van der Waals surface area contributed by atoms with Gasteiger partial charge in [0.15, 0.2) is 23.2 Å². The van der Waals surface area contributed by atoms with Gasteiger partial charge in [-0.3, -0.25) is 14.5 Å². The molecule has 162 valence electrons. The van der Waals surface area contributed by atoms with Crippen molar-refractivity contribution in [2.75, 3.05) is 20.2 Å². The number of piperidine rings is 1. The molecule has 0 saturated carbocycles. The molecule has 1 aromatic heterocycles. The van der Waals surface area contributed by atoms with Gasteiger partial charge in [0.2, 0.25) is 11.2 Å². The molecule has 30 heavy (non-hydrogen) atoms. The van der Waals surface area contributed by atoms with Gasteiger partial charge in [-0.25, -0.2) is 13.2 Å². The fraction of sp³-hybridized carbons (Fsp3) is 0.429. The molecule has 0 aliphatic carbocycles. The Kier molecular flexibility index (Phi) is 6.81. The van der Waals surface area contributed by atoms with E-state index in [2.05, 4.69) is 9.64 Å². The van der Waals surface area contributed by atoms with Crippen LogP contribution in [-0.2, 0) is 16.1 Å². The topological polar surface area (TPSA) is 80.0 Å². The van der Waals surface area contributed by atoms with Crippen molar-refractivity contribution in [3.05, 3.63) is 63.0 Å². The van der Waals surface area contributed by atoms with Crippen molar-refractivity contribution >= 4 is 5.97 Å². The van der Waals surface area contributed by atoms with Gasteiger partial charge in [0.25, 0.3) is 0 Å². The second kappa shape index (κ2) is 9.34. The lowest BCUT2D eigenvalue weighted by Crippen LogP contribution is -2.29. The number of methoxy groups -OCH3 is 1. The maximum atomic E-state index is 13.8. The standard InChI is InChI=1S/C21H22F3NO5/c1-29-18(27)10-14(12-7-15(22)19(24)16(23)8-12)21-20(28)17(26)9-13(30-21)11-25-5-3-2-4-6-25/h7-9,14,28H,2-6,10-11H2,1H3/t14-/m0/s1. The highest BCUT2D eigenvalue weighted by atomic mass is 19.2. The predicted molar refractivity (Wildman–Crippen MR) is 101 cm³/mol. The van der Waals surface area contributed by atoms with E-state index in [1.807, 2.05) is 0 Å². The molecule has 1 aromatic carbocycles. The summed E-state index contributed by atoms with van der Waals surface area (Å²) in [6.07, 6.45) is 2.65. The molecule has 9 heteroatoms. The zero-order valence-electron chi connectivity index (χ0n) is 16.4. The fourth-order valence-electron chi connectivity index (χ4n) is 3.60. The van der Waals surface area contributed by atoms with Gasteiger partial charge in [-0.2, -0.15) is 0 Å². The first-order valence-corrected chi connectivity index (χ1v) is 9.59. The van der Waals surface area contributed by atoms with Gasteiger partial charge in [-0.1, -0.05) is 6.42 Å². The molecule has 1 N–H and O–H groups in total. The van der Waals surface area contributed by atoms with E-state index in [0.29, 0.717) is 18.7 Å². The lowest BCUT2D eigenvalue weighted by atomic mass is 9.92. The minimum absolute atomic E-state index is 0.176. The number of aromatic hydroxyl groups is 1. The normalized spacial score (nSPS) is 15.7. The number of likely N-dealkylation sites (tertiary alicyclic amines) is 1. The zero-order valence-corrected chi connectivity index (χ0v) is 16.4. The number of hydrogen-bond donors (Lipinski definition) is 1. The van der Waals surface area contributed by atoms with Crippen molar-refractivity contribution in [2.45, 2.75) is 38.1 Å². The summed E-state index contributed by atoms with van der Waals surface area (Å²) >= 11 is 0. The van der Waals surface area contributed by atoms with Crippen LogP contribution in [0.5, 0.6) is 5.75 Å². The van der Waals surface area contributed by atoms with E-state index in [0.717, 1.165) is 45.5 Å². The van der Waals surface area contributed by atoms with E-state index in [1.54, 1.807) is 0 Å². The van der Waals surface area contributed by atoms with Crippen LogP contribution < -0.4 is 5.43 Å². The van der Waals surface area contributed by atoms with Gasteiger partial charge in [-0.15, -0.1) is 0 Å². The second-order valence-corrected chi connectivity index (χ2v) is 7.26. The Morgan fingerprint density at radius 3 is 2.40 bits per heavy atom. The van der Waals surface area contributed by atoms with Crippen molar-refractivity contribution < 1.29 is 32.2 Å². The maximum absolute atomic E-state index is 13.8.